The molecule has 12 heteroatoms. The number of nitrogens with one attached hydrogen (secondary N) is 3. The van der Waals surface area contributed by atoms with E-state index in [0.717, 1.165) is 0 Å². The standard InChI is InChI=1S/C15H12N8O4/c24-14(13-17-20-21-22(13)11-6-2-1-3-7-11)18-19-15(25)16-10-5-4-8-12(9-10)23(26)27/h1-9H,(H,18,24)(H2,16,19,25). The van der Waals surface area contributed by atoms with Crippen molar-refractivity contribution in [2.45, 2.75) is 0 Å². The van der Waals surface area contributed by atoms with Crippen molar-refractivity contribution in [3.63, 3.8) is 0 Å². The van der Waals surface area contributed by atoms with Crippen molar-refractivity contribution in [1.82, 2.24) is 31.1 Å². The van der Waals surface area contributed by atoms with Gasteiger partial charge in [0.25, 0.3) is 5.69 Å². The lowest BCUT2D eigenvalue weighted by molar-refractivity contribution is -0.384. The molecule has 0 bridgehead atoms. The zero-order chi connectivity index (χ0) is 19.2. The smallest absolute Gasteiger partial charge is 0.306 e. The first-order chi connectivity index (χ1) is 13.0. The molecule has 12 nitrogen and oxygen atoms in total. The topological polar surface area (TPSA) is 157 Å². The third-order valence-corrected chi connectivity index (χ3v) is 3.28. The number of nitrogens with zero attached hydrogens (tertiary/aromatic N) is 5. The van der Waals surface area contributed by atoms with Gasteiger partial charge in [-0.2, -0.15) is 4.68 Å². The Bertz CT molecular complexity index is 988. The van der Waals surface area contributed by atoms with Crippen molar-refractivity contribution >= 4 is 23.3 Å². The maximum Gasteiger partial charge on any atom is 0.337 e. The highest BCUT2D eigenvalue weighted by Crippen LogP contribution is 2.16. The molecule has 0 unspecified atom stereocenters. The SMILES string of the molecule is O=C(NNC(=O)c1nnnn1-c1ccccc1)Nc1cccc([N+](=O)[O-])c1. The number of aromatic nitrogens is 4. The Balaban J connectivity index is 1.62. The summed E-state index contributed by atoms with van der Waals surface area (Å²) in [6, 6.07) is 13.3. The van der Waals surface area contributed by atoms with Gasteiger partial charge in [-0.25, -0.2) is 10.2 Å². The number of para-hydroxylation sites is 1. The van der Waals surface area contributed by atoms with Gasteiger partial charge in [-0.3, -0.25) is 20.3 Å². The minimum absolute atomic E-state index is 0.142. The number of carbonyl (C=O) groups excluding carboxylic acids is 2. The number of nitro benzene ring substituents is 1. The van der Waals surface area contributed by atoms with Gasteiger partial charge in [-0.05, 0) is 28.6 Å². The number of nitro groups is 1. The second-order valence-electron chi connectivity index (χ2n) is 5.09. The molecule has 0 atom stereocenters. The number of carbonyl (C=O) groups is 2. The number of hydrogen-bond donors (Lipinski definition) is 3. The van der Waals surface area contributed by atoms with Gasteiger partial charge >= 0.3 is 11.9 Å². The monoisotopic (exact) mass is 368 g/mol. The van der Waals surface area contributed by atoms with Gasteiger partial charge < -0.3 is 5.32 Å². The Labute approximate surface area is 151 Å². The highest BCUT2D eigenvalue weighted by molar-refractivity contribution is 5.95. The summed E-state index contributed by atoms with van der Waals surface area (Å²) in [5.41, 5.74) is 4.84. The fourth-order valence-electron chi connectivity index (χ4n) is 2.10. The second kappa shape index (κ2) is 7.69. The van der Waals surface area contributed by atoms with Gasteiger partial charge in [0.05, 0.1) is 10.6 Å². The van der Waals surface area contributed by atoms with Crippen molar-refractivity contribution in [3.05, 3.63) is 70.5 Å². The molecule has 0 fully saturated rings. The van der Waals surface area contributed by atoms with Crippen LogP contribution in [0.2, 0.25) is 0 Å². The Morgan fingerprint density at radius 2 is 1.81 bits per heavy atom. The summed E-state index contributed by atoms with van der Waals surface area (Å²) < 4.78 is 1.20. The summed E-state index contributed by atoms with van der Waals surface area (Å²) in [6.07, 6.45) is 0. The molecule has 3 N–H and O–H groups in total. The van der Waals surface area contributed by atoms with Crippen molar-refractivity contribution < 1.29 is 14.5 Å². The third-order valence-electron chi connectivity index (χ3n) is 3.28. The Hall–Kier alpha value is -4.35. The summed E-state index contributed by atoms with van der Waals surface area (Å²) in [5.74, 6) is -0.894. The van der Waals surface area contributed by atoms with E-state index in [2.05, 4.69) is 31.7 Å². The van der Waals surface area contributed by atoms with Gasteiger partial charge in [0, 0.05) is 17.8 Å². The van der Waals surface area contributed by atoms with E-state index in [4.69, 9.17) is 0 Å². The van der Waals surface area contributed by atoms with Crippen LogP contribution in [0.1, 0.15) is 10.6 Å². The summed E-state index contributed by atoms with van der Waals surface area (Å²) in [6.45, 7) is 0. The summed E-state index contributed by atoms with van der Waals surface area (Å²) in [4.78, 5) is 34.2. The van der Waals surface area contributed by atoms with Crippen LogP contribution in [0.5, 0.6) is 0 Å². The largest absolute Gasteiger partial charge is 0.337 e. The number of amides is 3. The Kier molecular flexibility index (Phi) is 4.98. The number of non-ortho nitro benzene ring substituents is 1. The van der Waals surface area contributed by atoms with E-state index in [0.29, 0.717) is 5.69 Å². The first-order valence-corrected chi connectivity index (χ1v) is 7.50. The predicted octanol–water partition coefficient (Wildman–Crippen LogP) is 1.04. The second-order valence-corrected chi connectivity index (χ2v) is 5.09. The molecule has 3 amide bonds. The van der Waals surface area contributed by atoms with Gasteiger partial charge in [-0.15, -0.1) is 5.10 Å². The van der Waals surface area contributed by atoms with E-state index in [1.807, 2.05) is 0 Å². The highest BCUT2D eigenvalue weighted by atomic mass is 16.6. The van der Waals surface area contributed by atoms with Gasteiger partial charge in [-0.1, -0.05) is 24.3 Å². The fourth-order valence-corrected chi connectivity index (χ4v) is 2.10. The molecule has 0 aliphatic carbocycles. The fraction of sp³-hybridized carbons (Fsp3) is 0. The number of benzene rings is 2. The van der Waals surface area contributed by atoms with Crippen molar-refractivity contribution in [2.24, 2.45) is 0 Å². The first kappa shape index (κ1) is 17.5. The first-order valence-electron chi connectivity index (χ1n) is 7.50. The van der Waals surface area contributed by atoms with Crippen molar-refractivity contribution in [3.8, 4) is 5.69 Å². The molecular formula is C15H12N8O4. The molecule has 136 valence electrons. The van der Waals surface area contributed by atoms with Crippen LogP contribution in [0, 0.1) is 10.1 Å². The lowest BCUT2D eigenvalue weighted by Crippen LogP contribution is -2.44. The van der Waals surface area contributed by atoms with E-state index >= 15 is 0 Å². The number of hydrazine groups is 1. The van der Waals surface area contributed by atoms with Gasteiger partial charge in [0.2, 0.25) is 5.82 Å². The zero-order valence-corrected chi connectivity index (χ0v) is 13.6. The molecule has 0 saturated heterocycles. The molecular weight excluding hydrogens is 356 g/mol. The zero-order valence-electron chi connectivity index (χ0n) is 13.6. The highest BCUT2D eigenvalue weighted by Gasteiger charge is 2.17. The van der Waals surface area contributed by atoms with Crippen LogP contribution in [-0.4, -0.2) is 37.1 Å². The van der Waals surface area contributed by atoms with Crippen LogP contribution in [-0.2, 0) is 0 Å². The maximum absolute atomic E-state index is 12.2. The number of urea groups is 1. The van der Waals surface area contributed by atoms with Crippen LogP contribution in [0.15, 0.2) is 54.6 Å². The Morgan fingerprint density at radius 1 is 1.04 bits per heavy atom. The van der Waals surface area contributed by atoms with Crippen molar-refractivity contribution in [2.75, 3.05) is 5.32 Å². The normalized spacial score (nSPS) is 10.1. The number of hydrogen-bond acceptors (Lipinski definition) is 7. The quantitative estimate of drug-likeness (QED) is 0.458. The molecule has 27 heavy (non-hydrogen) atoms. The molecule has 3 rings (SSSR count). The van der Waals surface area contributed by atoms with E-state index in [9.17, 15) is 19.7 Å². The lowest BCUT2D eigenvalue weighted by Gasteiger charge is -2.09. The molecule has 0 saturated carbocycles. The average molecular weight is 368 g/mol. The van der Waals surface area contributed by atoms with E-state index in [1.54, 1.807) is 30.3 Å². The van der Waals surface area contributed by atoms with E-state index in [1.165, 1.54) is 28.9 Å². The minimum atomic E-state index is -0.803. The maximum atomic E-state index is 12.2. The van der Waals surface area contributed by atoms with Gasteiger partial charge in [0.15, 0.2) is 0 Å². The number of rotatable bonds is 4. The average Bonchev–Trinajstić information content (AvgIpc) is 3.17. The Morgan fingerprint density at radius 3 is 2.56 bits per heavy atom. The molecule has 2 aromatic carbocycles. The molecule has 0 aliphatic heterocycles. The van der Waals surface area contributed by atoms with E-state index < -0.39 is 16.9 Å². The number of tetrazole rings is 1. The number of anilines is 1. The van der Waals surface area contributed by atoms with Crippen LogP contribution >= 0.6 is 0 Å². The summed E-state index contributed by atoms with van der Waals surface area (Å²) in [5, 5.41) is 23.9. The predicted molar refractivity (Wildman–Crippen MR) is 91.9 cm³/mol. The minimum Gasteiger partial charge on any atom is -0.306 e. The molecule has 0 aliphatic rings. The van der Waals surface area contributed by atoms with Gasteiger partial charge in [0.1, 0.15) is 0 Å². The molecule has 1 aromatic heterocycles. The molecule has 0 radical (unpaired) electrons. The lowest BCUT2D eigenvalue weighted by atomic mass is 10.3. The molecule has 1 heterocycles. The van der Waals surface area contributed by atoms with E-state index in [-0.39, 0.29) is 17.2 Å². The van der Waals surface area contributed by atoms with Crippen LogP contribution in [0.4, 0.5) is 16.2 Å². The van der Waals surface area contributed by atoms with Crippen molar-refractivity contribution in [1.29, 1.82) is 0 Å². The third kappa shape index (κ3) is 4.19. The summed E-state index contributed by atoms with van der Waals surface area (Å²) >= 11 is 0. The van der Waals surface area contributed by atoms with Crippen LogP contribution < -0.4 is 16.2 Å². The van der Waals surface area contributed by atoms with Crippen LogP contribution in [0.3, 0.4) is 0 Å². The molecule has 0 spiro atoms. The van der Waals surface area contributed by atoms with Crippen LogP contribution in [0.25, 0.3) is 5.69 Å². The summed E-state index contributed by atoms with van der Waals surface area (Å²) in [7, 11) is 0. The molecule has 3 aromatic rings.